The molecule has 1 saturated heterocycles. The Morgan fingerprint density at radius 2 is 1.83 bits per heavy atom. The van der Waals surface area contributed by atoms with Crippen molar-refractivity contribution in [2.24, 2.45) is 28.4 Å². The molecule has 2 aromatic carbocycles. The molecule has 2 aliphatic heterocycles. The van der Waals surface area contributed by atoms with E-state index in [1.54, 1.807) is 24.3 Å². The first-order chi connectivity index (χ1) is 19.9. The normalized spacial score (nSPS) is 31.2. The number of ether oxygens (including phenoxy) is 1. The van der Waals surface area contributed by atoms with Crippen molar-refractivity contribution in [2.45, 2.75) is 82.7 Å². The van der Waals surface area contributed by atoms with Crippen LogP contribution in [-0.4, -0.2) is 30.3 Å². The van der Waals surface area contributed by atoms with Gasteiger partial charge in [0.2, 0.25) is 11.8 Å². The van der Waals surface area contributed by atoms with Gasteiger partial charge in [-0.1, -0.05) is 55.2 Å². The Morgan fingerprint density at radius 3 is 2.50 bits per heavy atom. The number of anilines is 1. The molecule has 0 aromatic heterocycles. The minimum Gasteiger partial charge on any atom is -0.368 e. The molecule has 3 fully saturated rings. The Labute approximate surface area is 255 Å². The van der Waals surface area contributed by atoms with Gasteiger partial charge in [-0.25, -0.2) is 4.39 Å². The molecule has 2 aromatic rings. The van der Waals surface area contributed by atoms with Crippen LogP contribution in [-0.2, 0) is 24.5 Å². The summed E-state index contributed by atoms with van der Waals surface area (Å²) >= 11 is 12.7. The third-order valence-corrected chi connectivity index (χ3v) is 11.3. The average molecular weight is 616 g/mol. The number of carbonyl (C=O) groups excluding carboxylic acids is 3. The molecule has 9 heteroatoms. The summed E-state index contributed by atoms with van der Waals surface area (Å²) in [5, 5.41) is 3.56. The standard InChI is InChI=1S/C33H37Cl2FN2O4/c1-31(2)10-12-32(13-11-31)16-21(25(39)14-18-6-9-26(29(37)40)42-17-18)27(20-4-3-5-23(35)28(20)36)33(32)22-8-7-19(34)15-24(22)38-30(33)41/h3-5,7-8,15,18,21,26-27H,6,9-14,16-17H2,1-2H3,(H2,37,40)(H,38,41)/t18-,21-,26-,27-,33+/m0/s1. The van der Waals surface area contributed by atoms with Gasteiger partial charge in [0.15, 0.2) is 0 Å². The highest BCUT2D eigenvalue weighted by atomic mass is 35.5. The van der Waals surface area contributed by atoms with Crippen LogP contribution in [0.2, 0.25) is 10.0 Å². The van der Waals surface area contributed by atoms with E-state index in [2.05, 4.69) is 19.2 Å². The number of rotatable bonds is 5. The van der Waals surface area contributed by atoms with Crippen LogP contribution in [0.1, 0.15) is 82.3 Å². The van der Waals surface area contributed by atoms with Crippen molar-refractivity contribution < 1.29 is 23.5 Å². The van der Waals surface area contributed by atoms with Gasteiger partial charge < -0.3 is 15.8 Å². The molecule has 4 aliphatic rings. The van der Waals surface area contributed by atoms with E-state index in [0.29, 0.717) is 35.5 Å². The summed E-state index contributed by atoms with van der Waals surface area (Å²) in [5.74, 6) is -2.75. The molecule has 224 valence electrons. The smallest absolute Gasteiger partial charge is 0.246 e. The number of amides is 2. The fraction of sp³-hybridized carbons (Fsp3) is 0.545. The zero-order valence-corrected chi connectivity index (χ0v) is 25.5. The summed E-state index contributed by atoms with van der Waals surface area (Å²) in [5.41, 5.74) is 5.49. The Balaban J connectivity index is 1.49. The molecule has 2 saturated carbocycles. The lowest BCUT2D eigenvalue weighted by molar-refractivity contribution is -0.135. The van der Waals surface area contributed by atoms with Crippen LogP contribution in [0.15, 0.2) is 36.4 Å². The minimum atomic E-state index is -1.17. The molecule has 2 heterocycles. The number of benzene rings is 2. The summed E-state index contributed by atoms with van der Waals surface area (Å²) in [4.78, 5) is 40.6. The van der Waals surface area contributed by atoms with Crippen molar-refractivity contribution in [3.05, 3.63) is 63.4 Å². The molecule has 6 nitrogen and oxygen atoms in total. The van der Waals surface area contributed by atoms with E-state index in [1.165, 1.54) is 6.07 Å². The Bertz CT molecular complexity index is 1440. The number of hydrogen-bond acceptors (Lipinski definition) is 4. The van der Waals surface area contributed by atoms with Crippen molar-refractivity contribution in [2.75, 3.05) is 11.9 Å². The second-order valence-corrected chi connectivity index (χ2v) is 14.5. The summed E-state index contributed by atoms with van der Waals surface area (Å²) < 4.78 is 21.8. The molecule has 0 unspecified atom stereocenters. The predicted octanol–water partition coefficient (Wildman–Crippen LogP) is 6.95. The molecule has 0 radical (unpaired) electrons. The third-order valence-electron chi connectivity index (χ3n) is 10.8. The molecule has 2 aliphatic carbocycles. The van der Waals surface area contributed by atoms with Crippen LogP contribution < -0.4 is 11.1 Å². The Hall–Kier alpha value is -2.48. The minimum absolute atomic E-state index is 0.0122. The number of hydrogen-bond donors (Lipinski definition) is 2. The highest BCUT2D eigenvalue weighted by Gasteiger charge is 2.72. The molecule has 0 bridgehead atoms. The topological polar surface area (TPSA) is 98.5 Å². The van der Waals surface area contributed by atoms with E-state index in [4.69, 9.17) is 33.7 Å². The zero-order chi connectivity index (χ0) is 30.0. The van der Waals surface area contributed by atoms with Crippen molar-refractivity contribution in [3.63, 3.8) is 0 Å². The van der Waals surface area contributed by atoms with Crippen molar-refractivity contribution >= 4 is 46.5 Å². The molecule has 2 amide bonds. The van der Waals surface area contributed by atoms with E-state index < -0.39 is 40.5 Å². The van der Waals surface area contributed by atoms with Gasteiger partial charge in [-0.15, -0.1) is 0 Å². The lowest BCUT2D eigenvalue weighted by atomic mass is 9.51. The molecule has 5 atom stereocenters. The number of halogens is 3. The van der Waals surface area contributed by atoms with Gasteiger partial charge >= 0.3 is 0 Å². The van der Waals surface area contributed by atoms with E-state index in [-0.39, 0.29) is 41.1 Å². The van der Waals surface area contributed by atoms with Crippen LogP contribution >= 0.6 is 23.2 Å². The highest BCUT2D eigenvalue weighted by Crippen LogP contribution is 2.72. The maximum absolute atomic E-state index is 16.1. The predicted molar refractivity (Wildman–Crippen MR) is 160 cm³/mol. The van der Waals surface area contributed by atoms with Crippen LogP contribution in [0, 0.1) is 28.5 Å². The molecule has 2 spiro atoms. The lowest BCUT2D eigenvalue weighted by Crippen LogP contribution is -2.52. The van der Waals surface area contributed by atoms with Crippen molar-refractivity contribution in [1.29, 1.82) is 0 Å². The number of nitrogens with two attached hydrogens (primary N) is 1. The Kier molecular flexibility index (Phi) is 7.47. The van der Waals surface area contributed by atoms with Gasteiger partial charge in [0.05, 0.1) is 17.0 Å². The number of nitrogens with one attached hydrogen (secondary N) is 1. The van der Waals surface area contributed by atoms with Crippen molar-refractivity contribution in [1.82, 2.24) is 0 Å². The van der Waals surface area contributed by atoms with Crippen LogP contribution in [0.3, 0.4) is 0 Å². The SMILES string of the molecule is CC1(C)CCC2(CC1)C[C@@H](C(=O)C[C@@H]1CC[C@@H](C(N)=O)OC1)[C@H](c1cccc(Cl)c1F)[C@]21C(=O)Nc2cc(Cl)ccc21. The Morgan fingerprint density at radius 1 is 1.10 bits per heavy atom. The van der Waals surface area contributed by atoms with E-state index in [9.17, 15) is 14.4 Å². The molecule has 6 rings (SSSR count). The van der Waals surface area contributed by atoms with Crippen LogP contribution in [0.5, 0.6) is 0 Å². The van der Waals surface area contributed by atoms with E-state index in [0.717, 1.165) is 31.2 Å². The first kappa shape index (κ1) is 29.6. The summed E-state index contributed by atoms with van der Waals surface area (Å²) in [6.07, 6.45) is 4.42. The van der Waals surface area contributed by atoms with Crippen molar-refractivity contribution in [3.8, 4) is 0 Å². The van der Waals surface area contributed by atoms with Gasteiger partial charge in [-0.05, 0) is 91.0 Å². The second kappa shape index (κ2) is 10.6. The van der Waals surface area contributed by atoms with E-state index in [1.807, 2.05) is 6.07 Å². The average Bonchev–Trinajstić information content (AvgIpc) is 3.40. The molecular formula is C33H37Cl2FN2O4. The molecular weight excluding hydrogens is 578 g/mol. The quantitative estimate of drug-likeness (QED) is 0.380. The largest absolute Gasteiger partial charge is 0.368 e. The van der Waals surface area contributed by atoms with Gasteiger partial charge in [0.25, 0.3) is 0 Å². The summed E-state index contributed by atoms with van der Waals surface area (Å²) in [6.45, 7) is 4.74. The number of Topliss-reactive ketones (excluding diaryl/α,β-unsaturated/α-hetero) is 1. The second-order valence-electron chi connectivity index (χ2n) is 13.7. The maximum atomic E-state index is 16.1. The van der Waals surface area contributed by atoms with Gasteiger partial charge in [-0.2, -0.15) is 0 Å². The first-order valence-corrected chi connectivity index (χ1v) is 15.6. The fourth-order valence-corrected chi connectivity index (χ4v) is 8.97. The summed E-state index contributed by atoms with van der Waals surface area (Å²) in [6, 6.07) is 10.3. The molecule has 42 heavy (non-hydrogen) atoms. The first-order valence-electron chi connectivity index (χ1n) is 14.9. The lowest BCUT2D eigenvalue weighted by Gasteiger charge is -2.51. The number of carbonyl (C=O) groups is 3. The maximum Gasteiger partial charge on any atom is 0.246 e. The number of ketones is 1. The fourth-order valence-electron chi connectivity index (χ4n) is 8.62. The zero-order valence-electron chi connectivity index (χ0n) is 24.0. The van der Waals surface area contributed by atoms with Crippen LogP contribution in [0.4, 0.5) is 10.1 Å². The van der Waals surface area contributed by atoms with E-state index >= 15 is 4.39 Å². The van der Waals surface area contributed by atoms with Crippen LogP contribution in [0.25, 0.3) is 0 Å². The number of fused-ring (bicyclic) bond motifs is 3. The van der Waals surface area contributed by atoms with Gasteiger partial charge in [0, 0.05) is 29.0 Å². The molecule has 3 N–H and O–H groups in total. The summed E-state index contributed by atoms with van der Waals surface area (Å²) in [7, 11) is 0. The van der Waals surface area contributed by atoms with Gasteiger partial charge in [-0.3, -0.25) is 14.4 Å². The van der Waals surface area contributed by atoms with Gasteiger partial charge in [0.1, 0.15) is 17.7 Å². The third kappa shape index (κ3) is 4.58. The number of primary amides is 1. The highest BCUT2D eigenvalue weighted by molar-refractivity contribution is 6.31. The monoisotopic (exact) mass is 614 g/mol.